The lowest BCUT2D eigenvalue weighted by Gasteiger charge is -1.99. The first-order chi connectivity index (χ1) is 7.65. The Morgan fingerprint density at radius 2 is 1.81 bits per heavy atom. The van der Waals surface area contributed by atoms with Crippen LogP contribution in [0.3, 0.4) is 0 Å². The fraction of sp³-hybridized carbons (Fsp3) is 0.167. The molecule has 0 aliphatic heterocycles. The van der Waals surface area contributed by atoms with Crippen molar-refractivity contribution in [2.75, 3.05) is 0 Å². The number of benzene rings is 1. The van der Waals surface area contributed by atoms with Crippen LogP contribution in [0.5, 0.6) is 0 Å². The number of hydrogen-bond donors (Lipinski definition) is 1. The van der Waals surface area contributed by atoms with Crippen molar-refractivity contribution in [3.05, 3.63) is 47.7 Å². The average molecular weight is 220 g/mol. The Hall–Kier alpha value is -2.10. The van der Waals surface area contributed by atoms with E-state index in [9.17, 15) is 9.59 Å². The van der Waals surface area contributed by atoms with Gasteiger partial charge in [-0.2, -0.15) is 0 Å². The van der Waals surface area contributed by atoms with Gasteiger partial charge >= 0.3 is 11.9 Å². The summed E-state index contributed by atoms with van der Waals surface area (Å²) in [7, 11) is 0. The van der Waals surface area contributed by atoms with Crippen molar-refractivity contribution in [3.63, 3.8) is 0 Å². The number of ether oxygens (including phenoxy) is 1. The number of rotatable bonds is 4. The van der Waals surface area contributed by atoms with Gasteiger partial charge in [0.2, 0.25) is 0 Å². The monoisotopic (exact) mass is 220 g/mol. The second-order valence-corrected chi connectivity index (χ2v) is 3.07. The molecule has 84 valence electrons. The van der Waals surface area contributed by atoms with Gasteiger partial charge in [-0.1, -0.05) is 6.92 Å². The molecule has 0 unspecified atom stereocenters. The molecule has 0 saturated heterocycles. The van der Waals surface area contributed by atoms with E-state index in [-0.39, 0.29) is 5.56 Å². The Balaban J connectivity index is 2.70. The van der Waals surface area contributed by atoms with Gasteiger partial charge in [-0.15, -0.1) is 0 Å². The second-order valence-electron chi connectivity index (χ2n) is 3.07. The normalized spacial score (nSPS) is 10.3. The topological polar surface area (TPSA) is 63.6 Å². The second kappa shape index (κ2) is 5.70. The number of hydrogen-bond acceptors (Lipinski definition) is 3. The van der Waals surface area contributed by atoms with Crippen LogP contribution in [0.15, 0.2) is 36.6 Å². The lowest BCUT2D eigenvalue weighted by atomic mass is 10.1. The van der Waals surface area contributed by atoms with Crippen molar-refractivity contribution in [2.24, 2.45) is 0 Å². The van der Waals surface area contributed by atoms with E-state index in [2.05, 4.69) is 0 Å². The third-order valence-electron chi connectivity index (χ3n) is 1.87. The first kappa shape index (κ1) is 12.0. The van der Waals surface area contributed by atoms with Crippen LogP contribution < -0.4 is 0 Å². The molecule has 0 saturated carbocycles. The van der Waals surface area contributed by atoms with Crippen LogP contribution in [0.2, 0.25) is 0 Å². The van der Waals surface area contributed by atoms with Crippen LogP contribution in [-0.2, 0) is 4.74 Å². The van der Waals surface area contributed by atoms with E-state index < -0.39 is 11.9 Å². The fourth-order valence-electron chi connectivity index (χ4n) is 1.02. The van der Waals surface area contributed by atoms with Crippen LogP contribution in [0.25, 0.3) is 0 Å². The third kappa shape index (κ3) is 3.24. The largest absolute Gasteiger partial charge is 0.478 e. The lowest BCUT2D eigenvalue weighted by Crippen LogP contribution is -2.02. The summed E-state index contributed by atoms with van der Waals surface area (Å²) >= 11 is 0. The van der Waals surface area contributed by atoms with Crippen molar-refractivity contribution >= 4 is 11.9 Å². The Labute approximate surface area is 93.2 Å². The van der Waals surface area contributed by atoms with E-state index in [1.165, 1.54) is 30.5 Å². The number of carbonyl (C=O) groups excluding carboxylic acids is 1. The first-order valence-corrected chi connectivity index (χ1v) is 4.84. The number of carboxylic acid groups (broad SMARTS) is 1. The molecule has 0 aromatic heterocycles. The van der Waals surface area contributed by atoms with Gasteiger partial charge in [0, 0.05) is 0 Å². The fourth-order valence-corrected chi connectivity index (χ4v) is 1.02. The molecule has 0 aliphatic carbocycles. The molecular formula is C12H12O4. The van der Waals surface area contributed by atoms with Gasteiger partial charge in [0.25, 0.3) is 0 Å². The minimum Gasteiger partial charge on any atom is -0.478 e. The molecule has 1 N–H and O–H groups in total. The summed E-state index contributed by atoms with van der Waals surface area (Å²) in [6.07, 6.45) is 3.82. The molecule has 16 heavy (non-hydrogen) atoms. The predicted molar refractivity (Wildman–Crippen MR) is 58.2 cm³/mol. The molecule has 0 aliphatic rings. The first-order valence-electron chi connectivity index (χ1n) is 4.84. The van der Waals surface area contributed by atoms with Crippen LogP contribution in [0, 0.1) is 0 Å². The van der Waals surface area contributed by atoms with Gasteiger partial charge in [0.15, 0.2) is 0 Å². The van der Waals surface area contributed by atoms with Crippen molar-refractivity contribution in [2.45, 2.75) is 13.3 Å². The predicted octanol–water partition coefficient (Wildman–Crippen LogP) is 2.47. The molecule has 1 aromatic carbocycles. The molecular weight excluding hydrogens is 208 g/mol. The molecule has 0 fully saturated rings. The number of carboxylic acids is 1. The number of esters is 1. The highest BCUT2D eigenvalue weighted by atomic mass is 16.5. The van der Waals surface area contributed by atoms with Gasteiger partial charge in [-0.3, -0.25) is 0 Å². The molecule has 4 heteroatoms. The van der Waals surface area contributed by atoms with E-state index in [0.717, 1.165) is 6.42 Å². The van der Waals surface area contributed by atoms with Crippen LogP contribution >= 0.6 is 0 Å². The highest BCUT2D eigenvalue weighted by molar-refractivity contribution is 5.92. The minimum absolute atomic E-state index is 0.139. The molecule has 0 atom stereocenters. The Bertz CT molecular complexity index is 404. The molecule has 0 amide bonds. The summed E-state index contributed by atoms with van der Waals surface area (Å²) in [5.74, 6) is -1.52. The Morgan fingerprint density at radius 1 is 1.25 bits per heavy atom. The average Bonchev–Trinajstić information content (AvgIpc) is 2.29. The zero-order valence-corrected chi connectivity index (χ0v) is 8.84. The van der Waals surface area contributed by atoms with E-state index in [0.29, 0.717) is 5.56 Å². The molecule has 0 spiro atoms. The quantitative estimate of drug-likeness (QED) is 0.625. The summed E-state index contributed by atoms with van der Waals surface area (Å²) in [6.45, 7) is 1.92. The van der Waals surface area contributed by atoms with E-state index in [1.807, 2.05) is 6.92 Å². The molecule has 0 radical (unpaired) electrons. The molecule has 0 bridgehead atoms. The Kier molecular flexibility index (Phi) is 4.27. The summed E-state index contributed by atoms with van der Waals surface area (Å²) in [6, 6.07) is 5.57. The minimum atomic E-state index is -1.02. The third-order valence-corrected chi connectivity index (χ3v) is 1.87. The summed E-state index contributed by atoms with van der Waals surface area (Å²) in [4.78, 5) is 21.9. The van der Waals surface area contributed by atoms with Crippen LogP contribution in [0.1, 0.15) is 34.1 Å². The maximum absolute atomic E-state index is 11.4. The highest BCUT2D eigenvalue weighted by Crippen LogP contribution is 2.06. The van der Waals surface area contributed by atoms with Crippen LogP contribution in [-0.4, -0.2) is 17.0 Å². The van der Waals surface area contributed by atoms with E-state index in [4.69, 9.17) is 9.84 Å². The van der Waals surface area contributed by atoms with E-state index in [1.54, 1.807) is 6.08 Å². The summed E-state index contributed by atoms with van der Waals surface area (Å²) in [5.41, 5.74) is 0.464. The molecule has 1 aromatic rings. The van der Waals surface area contributed by atoms with Gasteiger partial charge in [-0.25, -0.2) is 9.59 Å². The molecule has 1 rings (SSSR count). The summed E-state index contributed by atoms with van der Waals surface area (Å²) in [5, 5.41) is 8.66. The number of allylic oxidation sites excluding steroid dienone is 1. The van der Waals surface area contributed by atoms with Gasteiger partial charge in [0.05, 0.1) is 17.4 Å². The lowest BCUT2D eigenvalue weighted by molar-refractivity contribution is 0.0656. The maximum atomic E-state index is 11.4. The van der Waals surface area contributed by atoms with Crippen LogP contribution in [0.4, 0.5) is 0 Å². The smallest absolute Gasteiger partial charge is 0.342 e. The SMILES string of the molecule is CC/C=C/OC(=O)c1ccc(C(=O)O)cc1. The molecule has 4 nitrogen and oxygen atoms in total. The van der Waals surface area contributed by atoms with Crippen molar-refractivity contribution in [1.29, 1.82) is 0 Å². The zero-order chi connectivity index (χ0) is 12.0. The zero-order valence-electron chi connectivity index (χ0n) is 8.84. The van der Waals surface area contributed by atoms with Gasteiger partial charge in [0.1, 0.15) is 0 Å². The van der Waals surface area contributed by atoms with Gasteiger partial charge < -0.3 is 9.84 Å². The van der Waals surface area contributed by atoms with Gasteiger partial charge in [-0.05, 0) is 36.8 Å². The number of aromatic carboxylic acids is 1. The molecule has 0 heterocycles. The Morgan fingerprint density at radius 3 is 2.31 bits per heavy atom. The van der Waals surface area contributed by atoms with Crippen molar-refractivity contribution in [3.8, 4) is 0 Å². The van der Waals surface area contributed by atoms with E-state index >= 15 is 0 Å². The maximum Gasteiger partial charge on any atom is 0.342 e. The summed E-state index contributed by atoms with van der Waals surface area (Å²) < 4.78 is 4.80. The van der Waals surface area contributed by atoms with Crippen molar-refractivity contribution < 1.29 is 19.4 Å². The standard InChI is InChI=1S/C12H12O4/c1-2-3-8-16-12(15)10-6-4-9(5-7-10)11(13)14/h3-8H,2H2,1H3,(H,13,14)/b8-3+. The number of carbonyl (C=O) groups is 2. The highest BCUT2D eigenvalue weighted by Gasteiger charge is 2.07. The van der Waals surface area contributed by atoms with Crippen molar-refractivity contribution in [1.82, 2.24) is 0 Å².